The van der Waals surface area contributed by atoms with Crippen LogP contribution in [0.4, 0.5) is 0 Å². The van der Waals surface area contributed by atoms with Crippen molar-refractivity contribution in [2.75, 3.05) is 6.54 Å². The number of hydrogen-bond acceptors (Lipinski definition) is 4. The zero-order valence-corrected chi connectivity index (χ0v) is 8.60. The van der Waals surface area contributed by atoms with Crippen LogP contribution in [-0.4, -0.2) is 39.4 Å². The van der Waals surface area contributed by atoms with Crippen molar-refractivity contribution in [3.05, 3.63) is 4.91 Å². The number of nitrogens with zero attached hydrogens (tertiary/aromatic N) is 2. The number of β-amino-alcohol motifs (C(OH)–C–C–N with tert-alkyl or cyclic N) is 1. The summed E-state index contributed by atoms with van der Waals surface area (Å²) in [5.74, 6) is -1.10. The van der Waals surface area contributed by atoms with E-state index in [1.165, 1.54) is 0 Å². The summed E-state index contributed by atoms with van der Waals surface area (Å²) in [4.78, 5) is 20.6. The molecule has 0 aromatic heterocycles. The molecule has 0 heterocycles. The molecule has 0 saturated carbocycles. The minimum Gasteiger partial charge on any atom is -0.481 e. The molecule has 0 aliphatic carbocycles. The standard InChI is InChI=1S/C8H16N2O4/c1-8(2,3)10(9-14)5-6(11)4-7(12)13/h6,11H,4-5H2,1-3H3,(H,12,13). The van der Waals surface area contributed by atoms with Gasteiger partial charge < -0.3 is 10.2 Å². The van der Waals surface area contributed by atoms with Crippen molar-refractivity contribution in [2.24, 2.45) is 5.29 Å². The predicted molar refractivity (Wildman–Crippen MR) is 50.5 cm³/mol. The fraction of sp³-hybridized carbons (Fsp3) is 0.875. The summed E-state index contributed by atoms with van der Waals surface area (Å²) in [7, 11) is 0. The van der Waals surface area contributed by atoms with Gasteiger partial charge in [-0.05, 0) is 20.8 Å². The summed E-state index contributed by atoms with van der Waals surface area (Å²) in [6.07, 6.45) is -1.47. The molecular weight excluding hydrogens is 188 g/mol. The first kappa shape index (κ1) is 12.8. The molecule has 6 nitrogen and oxygen atoms in total. The molecule has 0 aromatic rings. The van der Waals surface area contributed by atoms with Gasteiger partial charge in [-0.2, -0.15) is 0 Å². The van der Waals surface area contributed by atoms with Crippen LogP contribution in [0.3, 0.4) is 0 Å². The molecule has 14 heavy (non-hydrogen) atoms. The van der Waals surface area contributed by atoms with Gasteiger partial charge in [0, 0.05) is 0 Å². The Balaban J connectivity index is 4.19. The van der Waals surface area contributed by atoms with Crippen molar-refractivity contribution >= 4 is 5.97 Å². The van der Waals surface area contributed by atoms with Crippen molar-refractivity contribution in [3.8, 4) is 0 Å². The first-order chi connectivity index (χ1) is 6.27. The summed E-state index contributed by atoms with van der Waals surface area (Å²) in [6.45, 7) is 5.19. The number of aliphatic hydroxyl groups is 1. The third kappa shape index (κ3) is 4.76. The first-order valence-corrected chi connectivity index (χ1v) is 4.28. The Bertz CT molecular complexity index is 212. The lowest BCUT2D eigenvalue weighted by atomic mass is 10.1. The molecule has 0 saturated heterocycles. The van der Waals surface area contributed by atoms with Gasteiger partial charge in [-0.25, -0.2) is 0 Å². The molecule has 0 aliphatic rings. The van der Waals surface area contributed by atoms with E-state index in [1.54, 1.807) is 20.8 Å². The van der Waals surface area contributed by atoms with Gasteiger partial charge in [0.25, 0.3) is 0 Å². The normalized spacial score (nSPS) is 13.4. The Morgan fingerprint density at radius 2 is 2.00 bits per heavy atom. The molecule has 1 unspecified atom stereocenters. The molecule has 2 N–H and O–H groups in total. The number of aliphatic hydroxyl groups excluding tert-OH is 1. The third-order valence-corrected chi connectivity index (χ3v) is 1.67. The lowest BCUT2D eigenvalue weighted by Crippen LogP contribution is -2.42. The SMILES string of the molecule is CC(C)(C)N(CC(O)CC(=O)O)N=O. The minimum atomic E-state index is -1.10. The maximum atomic E-state index is 10.4. The van der Waals surface area contributed by atoms with Crippen molar-refractivity contribution in [2.45, 2.75) is 38.8 Å². The minimum absolute atomic E-state index is 0.0701. The maximum Gasteiger partial charge on any atom is 0.306 e. The molecule has 82 valence electrons. The van der Waals surface area contributed by atoms with E-state index < -0.39 is 17.6 Å². The third-order valence-electron chi connectivity index (χ3n) is 1.67. The Morgan fingerprint density at radius 1 is 1.50 bits per heavy atom. The van der Waals surface area contributed by atoms with Crippen LogP contribution in [0.1, 0.15) is 27.2 Å². The van der Waals surface area contributed by atoms with Crippen molar-refractivity contribution in [3.63, 3.8) is 0 Å². The van der Waals surface area contributed by atoms with Crippen LogP contribution in [0.2, 0.25) is 0 Å². The van der Waals surface area contributed by atoms with Gasteiger partial charge in [-0.1, -0.05) is 0 Å². The number of hydrogen-bond donors (Lipinski definition) is 2. The summed E-state index contributed by atoms with van der Waals surface area (Å²) in [5, 5.41) is 21.5. The molecular formula is C8H16N2O4. The highest BCUT2D eigenvalue weighted by Gasteiger charge is 2.24. The van der Waals surface area contributed by atoms with Crippen LogP contribution in [0.25, 0.3) is 0 Å². The first-order valence-electron chi connectivity index (χ1n) is 4.28. The second-order valence-corrected chi connectivity index (χ2v) is 4.09. The molecule has 0 aromatic carbocycles. The highest BCUT2D eigenvalue weighted by Crippen LogP contribution is 2.14. The van der Waals surface area contributed by atoms with E-state index >= 15 is 0 Å². The summed E-state index contributed by atoms with van der Waals surface area (Å²) >= 11 is 0. The smallest absolute Gasteiger partial charge is 0.306 e. The lowest BCUT2D eigenvalue weighted by molar-refractivity contribution is -0.139. The fourth-order valence-electron chi connectivity index (χ4n) is 0.895. The average Bonchev–Trinajstić information content (AvgIpc) is 1.96. The van der Waals surface area contributed by atoms with E-state index in [1.807, 2.05) is 0 Å². The van der Waals surface area contributed by atoms with Gasteiger partial charge in [0.05, 0.1) is 29.9 Å². The Kier molecular flexibility index (Phi) is 4.49. The molecule has 0 amide bonds. The van der Waals surface area contributed by atoms with E-state index in [-0.39, 0.29) is 13.0 Å². The molecule has 0 rings (SSSR count). The van der Waals surface area contributed by atoms with E-state index in [2.05, 4.69) is 5.29 Å². The average molecular weight is 204 g/mol. The van der Waals surface area contributed by atoms with E-state index in [4.69, 9.17) is 5.11 Å². The van der Waals surface area contributed by atoms with Gasteiger partial charge in [0.15, 0.2) is 0 Å². The van der Waals surface area contributed by atoms with E-state index in [9.17, 15) is 14.8 Å². The second-order valence-electron chi connectivity index (χ2n) is 4.09. The predicted octanol–water partition coefficient (Wildman–Crippen LogP) is 0.604. The van der Waals surface area contributed by atoms with Gasteiger partial charge in [-0.15, -0.1) is 4.91 Å². The molecule has 0 spiro atoms. The maximum absolute atomic E-state index is 10.4. The van der Waals surface area contributed by atoms with Crippen LogP contribution in [0, 0.1) is 4.91 Å². The highest BCUT2D eigenvalue weighted by atomic mass is 16.4. The van der Waals surface area contributed by atoms with Gasteiger partial charge in [0.1, 0.15) is 0 Å². The number of rotatable bonds is 5. The van der Waals surface area contributed by atoms with Gasteiger partial charge in [0.2, 0.25) is 0 Å². The van der Waals surface area contributed by atoms with Crippen molar-refractivity contribution in [1.29, 1.82) is 0 Å². The number of aliphatic carboxylic acids is 1. The van der Waals surface area contributed by atoms with Gasteiger partial charge in [-0.3, -0.25) is 9.80 Å². The monoisotopic (exact) mass is 204 g/mol. The van der Waals surface area contributed by atoms with E-state index in [0.717, 1.165) is 5.01 Å². The molecule has 1 atom stereocenters. The van der Waals surface area contributed by atoms with Crippen LogP contribution < -0.4 is 0 Å². The lowest BCUT2D eigenvalue weighted by Gasteiger charge is -2.31. The Morgan fingerprint density at radius 3 is 2.29 bits per heavy atom. The topological polar surface area (TPSA) is 90.2 Å². The number of nitroso groups, excluding NO2 is 1. The van der Waals surface area contributed by atoms with E-state index in [0.29, 0.717) is 0 Å². The molecule has 0 fully saturated rings. The van der Waals surface area contributed by atoms with Crippen LogP contribution >= 0.6 is 0 Å². The summed E-state index contributed by atoms with van der Waals surface area (Å²) in [6, 6.07) is 0. The zero-order valence-electron chi connectivity index (χ0n) is 8.60. The van der Waals surface area contributed by atoms with Crippen molar-refractivity contribution < 1.29 is 15.0 Å². The highest BCUT2D eigenvalue weighted by molar-refractivity contribution is 5.67. The summed E-state index contributed by atoms with van der Waals surface area (Å²) < 4.78 is 0. The van der Waals surface area contributed by atoms with Crippen LogP contribution in [-0.2, 0) is 4.79 Å². The second kappa shape index (κ2) is 4.90. The largest absolute Gasteiger partial charge is 0.481 e. The molecule has 6 heteroatoms. The Labute approximate surface area is 82.5 Å². The number of carbonyl (C=O) groups is 1. The fourth-order valence-corrected chi connectivity index (χ4v) is 0.895. The molecule has 0 bridgehead atoms. The quantitative estimate of drug-likeness (QED) is 0.505. The van der Waals surface area contributed by atoms with Crippen LogP contribution in [0.5, 0.6) is 0 Å². The summed E-state index contributed by atoms with van der Waals surface area (Å²) in [5.41, 5.74) is -0.513. The Hall–Kier alpha value is -1.17. The van der Waals surface area contributed by atoms with Crippen LogP contribution in [0.15, 0.2) is 5.29 Å². The number of carboxylic acids is 1. The molecule has 0 radical (unpaired) electrons. The number of carboxylic acid groups (broad SMARTS) is 1. The zero-order chi connectivity index (χ0) is 11.4. The van der Waals surface area contributed by atoms with Gasteiger partial charge >= 0.3 is 5.97 Å². The van der Waals surface area contributed by atoms with Crippen molar-refractivity contribution in [1.82, 2.24) is 5.01 Å². The molecule has 0 aliphatic heterocycles.